The van der Waals surface area contributed by atoms with E-state index in [0.29, 0.717) is 0 Å². The molecule has 1 rings (SSSR count). The molecule has 1 aromatic carbocycles. The Morgan fingerprint density at radius 3 is 2.38 bits per heavy atom. The van der Waals surface area contributed by atoms with Gasteiger partial charge in [-0.15, -0.1) is 0 Å². The smallest absolute Gasteiger partial charge is 0.328 e. The summed E-state index contributed by atoms with van der Waals surface area (Å²) in [5.41, 5.74) is 1.67. The maximum atomic E-state index is 10.4. The van der Waals surface area contributed by atoms with Crippen molar-refractivity contribution in [3.05, 3.63) is 40.4 Å². The molecule has 0 aliphatic carbocycles. The maximum absolute atomic E-state index is 10.4. The Bertz CT molecular complexity index is 338. The number of aliphatic carboxylic acids is 1. The van der Waals surface area contributed by atoms with Crippen LogP contribution in [0.4, 0.5) is 0 Å². The number of carboxylic acid groups (broad SMARTS) is 1. The van der Waals surface area contributed by atoms with E-state index < -0.39 is 5.97 Å². The van der Waals surface area contributed by atoms with E-state index in [2.05, 4.69) is 15.9 Å². The topological polar surface area (TPSA) is 37.3 Å². The highest BCUT2D eigenvalue weighted by molar-refractivity contribution is 9.10. The van der Waals surface area contributed by atoms with Crippen LogP contribution in [0.1, 0.15) is 12.5 Å². The van der Waals surface area contributed by atoms with Gasteiger partial charge in [-0.3, -0.25) is 0 Å². The van der Waals surface area contributed by atoms with Crippen LogP contribution in [0.25, 0.3) is 5.57 Å². The van der Waals surface area contributed by atoms with E-state index in [1.54, 1.807) is 6.92 Å². The lowest BCUT2D eigenvalue weighted by molar-refractivity contribution is -0.131. The first kappa shape index (κ1) is 9.99. The van der Waals surface area contributed by atoms with Crippen LogP contribution in [0.3, 0.4) is 0 Å². The van der Waals surface area contributed by atoms with Gasteiger partial charge >= 0.3 is 5.97 Å². The second kappa shape index (κ2) is 4.23. The molecule has 2 nitrogen and oxygen atoms in total. The van der Waals surface area contributed by atoms with Crippen molar-refractivity contribution in [2.24, 2.45) is 0 Å². The zero-order chi connectivity index (χ0) is 9.84. The Labute approximate surface area is 85.0 Å². The van der Waals surface area contributed by atoms with E-state index in [0.717, 1.165) is 15.6 Å². The zero-order valence-electron chi connectivity index (χ0n) is 7.12. The second-order valence-corrected chi connectivity index (χ2v) is 3.59. The SMILES string of the molecule is C/C(=C/C(=O)O)c1ccc(Br)cc1. The lowest BCUT2D eigenvalue weighted by Crippen LogP contribution is -1.89. The second-order valence-electron chi connectivity index (χ2n) is 2.67. The minimum absolute atomic E-state index is 0.750. The van der Waals surface area contributed by atoms with Crippen molar-refractivity contribution in [1.29, 1.82) is 0 Å². The van der Waals surface area contributed by atoms with Gasteiger partial charge in [-0.25, -0.2) is 4.79 Å². The lowest BCUT2D eigenvalue weighted by atomic mass is 10.1. The average molecular weight is 241 g/mol. The molecule has 0 aliphatic rings. The standard InChI is InChI=1S/C10H9BrO2/c1-7(6-10(12)13)8-2-4-9(11)5-3-8/h2-6H,1H3,(H,12,13)/b7-6-. The highest BCUT2D eigenvalue weighted by Gasteiger charge is 1.97. The van der Waals surface area contributed by atoms with E-state index in [1.807, 2.05) is 24.3 Å². The van der Waals surface area contributed by atoms with E-state index in [4.69, 9.17) is 5.11 Å². The predicted octanol–water partition coefficient (Wildman–Crippen LogP) is 2.94. The lowest BCUT2D eigenvalue weighted by Gasteiger charge is -1.99. The van der Waals surface area contributed by atoms with Crippen molar-refractivity contribution in [2.45, 2.75) is 6.92 Å². The molecular formula is C10H9BrO2. The molecule has 0 unspecified atom stereocenters. The summed E-state index contributed by atoms with van der Waals surface area (Å²) >= 11 is 3.31. The number of halogens is 1. The van der Waals surface area contributed by atoms with Crippen LogP contribution in [-0.4, -0.2) is 11.1 Å². The third-order valence-corrected chi connectivity index (χ3v) is 2.17. The molecule has 1 aromatic rings. The fraction of sp³-hybridized carbons (Fsp3) is 0.100. The number of allylic oxidation sites excluding steroid dienone is 1. The normalized spacial score (nSPS) is 11.4. The first-order valence-corrected chi connectivity index (χ1v) is 4.56. The molecule has 0 amide bonds. The van der Waals surface area contributed by atoms with Gasteiger partial charge < -0.3 is 5.11 Å². The van der Waals surface area contributed by atoms with E-state index in [-0.39, 0.29) is 0 Å². The Kier molecular flexibility index (Phi) is 3.25. The molecule has 1 N–H and O–H groups in total. The molecule has 0 spiro atoms. The molecule has 68 valence electrons. The Morgan fingerprint density at radius 2 is 1.92 bits per heavy atom. The van der Waals surface area contributed by atoms with Crippen LogP contribution in [0.15, 0.2) is 34.8 Å². The number of carbonyl (C=O) groups is 1. The first-order chi connectivity index (χ1) is 6.09. The molecule has 0 fully saturated rings. The fourth-order valence-corrected chi connectivity index (χ4v) is 1.25. The van der Waals surface area contributed by atoms with Crippen LogP contribution < -0.4 is 0 Å². The summed E-state index contributed by atoms with van der Waals surface area (Å²) in [6.45, 7) is 1.78. The highest BCUT2D eigenvalue weighted by Crippen LogP contribution is 2.16. The third-order valence-electron chi connectivity index (χ3n) is 1.64. The number of hydrogen-bond donors (Lipinski definition) is 1. The van der Waals surface area contributed by atoms with Gasteiger partial charge in [0.2, 0.25) is 0 Å². The van der Waals surface area contributed by atoms with Gasteiger partial charge in [-0.05, 0) is 30.2 Å². The first-order valence-electron chi connectivity index (χ1n) is 3.77. The van der Waals surface area contributed by atoms with Crippen LogP contribution in [0.5, 0.6) is 0 Å². The van der Waals surface area contributed by atoms with Gasteiger partial charge in [0.15, 0.2) is 0 Å². The largest absolute Gasteiger partial charge is 0.478 e. The van der Waals surface area contributed by atoms with Gasteiger partial charge in [0.1, 0.15) is 0 Å². The highest BCUT2D eigenvalue weighted by atomic mass is 79.9. The zero-order valence-corrected chi connectivity index (χ0v) is 8.71. The van der Waals surface area contributed by atoms with E-state index in [1.165, 1.54) is 6.08 Å². The molecule has 0 aromatic heterocycles. The van der Waals surface area contributed by atoms with Crippen molar-refractivity contribution in [3.8, 4) is 0 Å². The summed E-state index contributed by atoms with van der Waals surface area (Å²) < 4.78 is 0.986. The quantitative estimate of drug-likeness (QED) is 0.808. The number of carboxylic acids is 1. The molecule has 13 heavy (non-hydrogen) atoms. The molecular weight excluding hydrogens is 232 g/mol. The maximum Gasteiger partial charge on any atom is 0.328 e. The van der Waals surface area contributed by atoms with Gasteiger partial charge in [0.05, 0.1) is 0 Å². The Morgan fingerprint density at radius 1 is 1.38 bits per heavy atom. The van der Waals surface area contributed by atoms with Crippen LogP contribution in [0, 0.1) is 0 Å². The Balaban J connectivity index is 2.96. The molecule has 0 saturated heterocycles. The van der Waals surface area contributed by atoms with Gasteiger partial charge in [0.25, 0.3) is 0 Å². The third kappa shape index (κ3) is 3.03. The van der Waals surface area contributed by atoms with Crippen molar-refractivity contribution >= 4 is 27.5 Å². The molecule has 0 atom stereocenters. The summed E-state index contributed by atoms with van der Waals surface area (Å²) in [6, 6.07) is 7.51. The minimum Gasteiger partial charge on any atom is -0.478 e. The van der Waals surface area contributed by atoms with Gasteiger partial charge in [-0.2, -0.15) is 0 Å². The summed E-state index contributed by atoms with van der Waals surface area (Å²) in [4.78, 5) is 10.4. The van der Waals surface area contributed by atoms with Crippen molar-refractivity contribution in [1.82, 2.24) is 0 Å². The summed E-state index contributed by atoms with van der Waals surface area (Å²) in [5, 5.41) is 8.51. The van der Waals surface area contributed by atoms with Crippen LogP contribution in [0.2, 0.25) is 0 Å². The summed E-state index contributed by atoms with van der Waals surface area (Å²) in [5.74, 6) is -0.916. The molecule has 0 heterocycles. The van der Waals surface area contributed by atoms with Gasteiger partial charge in [0, 0.05) is 10.5 Å². The number of hydrogen-bond acceptors (Lipinski definition) is 1. The number of benzene rings is 1. The monoisotopic (exact) mass is 240 g/mol. The molecule has 3 heteroatoms. The number of rotatable bonds is 2. The van der Waals surface area contributed by atoms with Crippen LogP contribution >= 0.6 is 15.9 Å². The predicted molar refractivity (Wildman–Crippen MR) is 55.4 cm³/mol. The van der Waals surface area contributed by atoms with Crippen molar-refractivity contribution < 1.29 is 9.90 Å². The van der Waals surface area contributed by atoms with Crippen molar-refractivity contribution in [3.63, 3.8) is 0 Å². The fourth-order valence-electron chi connectivity index (χ4n) is 0.981. The summed E-state index contributed by atoms with van der Waals surface area (Å²) in [6.07, 6.45) is 1.20. The molecule has 0 bridgehead atoms. The van der Waals surface area contributed by atoms with Crippen LogP contribution in [-0.2, 0) is 4.79 Å². The van der Waals surface area contributed by atoms with E-state index >= 15 is 0 Å². The van der Waals surface area contributed by atoms with Crippen molar-refractivity contribution in [2.75, 3.05) is 0 Å². The molecule has 0 saturated carbocycles. The molecule has 0 radical (unpaired) electrons. The molecule has 0 aliphatic heterocycles. The average Bonchev–Trinajstić information content (AvgIpc) is 2.04. The Hall–Kier alpha value is -1.09. The van der Waals surface area contributed by atoms with E-state index in [9.17, 15) is 4.79 Å². The summed E-state index contributed by atoms with van der Waals surface area (Å²) in [7, 11) is 0. The van der Waals surface area contributed by atoms with Gasteiger partial charge in [-0.1, -0.05) is 28.1 Å². The minimum atomic E-state index is -0.916.